The molecule has 0 spiro atoms. The Morgan fingerprint density at radius 2 is 2.00 bits per heavy atom. The number of para-hydroxylation sites is 1. The van der Waals surface area contributed by atoms with Gasteiger partial charge in [0.25, 0.3) is 5.56 Å². The van der Waals surface area contributed by atoms with Crippen LogP contribution in [0, 0.1) is 0 Å². The van der Waals surface area contributed by atoms with Crippen molar-refractivity contribution in [3.8, 4) is 5.69 Å². The summed E-state index contributed by atoms with van der Waals surface area (Å²) in [7, 11) is 0. The first kappa shape index (κ1) is 16.0. The topological polar surface area (TPSA) is 76.0 Å². The third kappa shape index (κ3) is 3.85. The van der Waals surface area contributed by atoms with Gasteiger partial charge in [-0.05, 0) is 26.0 Å². The van der Waals surface area contributed by atoms with Crippen molar-refractivity contribution in [2.45, 2.75) is 19.9 Å². The van der Waals surface area contributed by atoms with E-state index in [1.165, 1.54) is 10.9 Å². The minimum Gasteiger partial charge on any atom is -0.373 e. The molecule has 0 bridgehead atoms. The van der Waals surface area contributed by atoms with Crippen molar-refractivity contribution in [2.75, 3.05) is 11.9 Å². The average molecular weight is 321 g/mol. The van der Waals surface area contributed by atoms with Gasteiger partial charge in [0.2, 0.25) is 5.91 Å². The Balaban J connectivity index is 2.18. The maximum Gasteiger partial charge on any atom is 0.292 e. The fraction of sp³-hybridized carbons (Fsp3) is 0.267. The van der Waals surface area contributed by atoms with Crippen LogP contribution >= 0.6 is 11.6 Å². The van der Waals surface area contributed by atoms with Crippen molar-refractivity contribution in [3.63, 3.8) is 0 Å². The van der Waals surface area contributed by atoms with Gasteiger partial charge < -0.3 is 10.6 Å². The lowest BCUT2D eigenvalue weighted by Crippen LogP contribution is -2.35. The molecule has 1 aromatic heterocycles. The lowest BCUT2D eigenvalue weighted by atomic mass is 10.3. The second kappa shape index (κ2) is 7.09. The number of benzene rings is 1. The monoisotopic (exact) mass is 320 g/mol. The van der Waals surface area contributed by atoms with Crippen molar-refractivity contribution in [1.29, 1.82) is 0 Å². The van der Waals surface area contributed by atoms with Crippen LogP contribution in [0.3, 0.4) is 0 Å². The summed E-state index contributed by atoms with van der Waals surface area (Å²) in [6.07, 6.45) is 1.43. The van der Waals surface area contributed by atoms with Gasteiger partial charge in [-0.2, -0.15) is 9.78 Å². The molecule has 116 valence electrons. The zero-order valence-electron chi connectivity index (χ0n) is 12.3. The van der Waals surface area contributed by atoms with Crippen molar-refractivity contribution < 1.29 is 4.79 Å². The minimum absolute atomic E-state index is 0.00352. The molecule has 2 aromatic rings. The molecular weight excluding hydrogens is 304 g/mol. The molecular formula is C15H17ClN4O2. The van der Waals surface area contributed by atoms with Crippen LogP contribution in [-0.2, 0) is 4.79 Å². The quantitative estimate of drug-likeness (QED) is 0.881. The molecule has 0 fully saturated rings. The smallest absolute Gasteiger partial charge is 0.292 e. The number of nitrogens with one attached hydrogen (secondary N) is 2. The van der Waals surface area contributed by atoms with Crippen LogP contribution in [-0.4, -0.2) is 28.3 Å². The minimum atomic E-state index is -0.442. The number of nitrogens with zero attached hydrogens (tertiary/aromatic N) is 2. The first-order chi connectivity index (χ1) is 10.5. The Morgan fingerprint density at radius 1 is 1.32 bits per heavy atom. The highest BCUT2D eigenvalue weighted by molar-refractivity contribution is 6.33. The maximum absolute atomic E-state index is 12.2. The molecule has 0 aliphatic rings. The highest BCUT2D eigenvalue weighted by atomic mass is 35.5. The van der Waals surface area contributed by atoms with Gasteiger partial charge in [-0.25, -0.2) is 0 Å². The Hall–Kier alpha value is -2.34. The summed E-state index contributed by atoms with van der Waals surface area (Å²) >= 11 is 6.07. The predicted molar refractivity (Wildman–Crippen MR) is 86.6 cm³/mol. The summed E-state index contributed by atoms with van der Waals surface area (Å²) < 4.78 is 1.21. The van der Waals surface area contributed by atoms with E-state index < -0.39 is 5.56 Å². The molecule has 0 saturated heterocycles. The molecule has 2 rings (SSSR count). The largest absolute Gasteiger partial charge is 0.373 e. The molecule has 0 unspecified atom stereocenters. The van der Waals surface area contributed by atoms with Gasteiger partial charge in [0.15, 0.2) is 0 Å². The number of rotatable bonds is 5. The van der Waals surface area contributed by atoms with E-state index in [9.17, 15) is 9.59 Å². The number of hydrogen-bond acceptors (Lipinski definition) is 4. The Kier molecular flexibility index (Phi) is 5.16. The van der Waals surface area contributed by atoms with Crippen LogP contribution in [0.15, 0.2) is 41.3 Å². The zero-order chi connectivity index (χ0) is 16.1. The highest BCUT2D eigenvalue weighted by Gasteiger charge is 2.11. The first-order valence-electron chi connectivity index (χ1n) is 6.85. The number of hydrogen-bond donors (Lipinski definition) is 2. The van der Waals surface area contributed by atoms with Crippen LogP contribution in [0.4, 0.5) is 5.69 Å². The molecule has 0 atom stereocenters. The van der Waals surface area contributed by atoms with Crippen molar-refractivity contribution in [1.82, 2.24) is 15.1 Å². The molecule has 1 aromatic carbocycles. The number of aromatic nitrogens is 2. The van der Waals surface area contributed by atoms with E-state index in [4.69, 9.17) is 11.6 Å². The summed E-state index contributed by atoms with van der Waals surface area (Å²) in [5.74, 6) is -0.182. The van der Waals surface area contributed by atoms with Crippen molar-refractivity contribution in [2.24, 2.45) is 0 Å². The summed E-state index contributed by atoms with van der Waals surface area (Å²) in [5, 5.41) is 9.62. The molecule has 1 amide bonds. The van der Waals surface area contributed by atoms with Gasteiger partial charge in [0, 0.05) is 6.04 Å². The van der Waals surface area contributed by atoms with E-state index in [0.29, 0.717) is 11.4 Å². The maximum atomic E-state index is 12.2. The van der Waals surface area contributed by atoms with E-state index in [1.807, 2.05) is 19.9 Å². The second-order valence-electron chi connectivity index (χ2n) is 5.00. The zero-order valence-corrected chi connectivity index (χ0v) is 13.1. The van der Waals surface area contributed by atoms with Crippen molar-refractivity contribution >= 4 is 23.2 Å². The first-order valence-corrected chi connectivity index (χ1v) is 7.23. The lowest BCUT2D eigenvalue weighted by Gasteiger charge is -2.11. The molecule has 0 aliphatic heterocycles. The Morgan fingerprint density at radius 3 is 2.64 bits per heavy atom. The summed E-state index contributed by atoms with van der Waals surface area (Å²) in [5.41, 5.74) is 0.512. The molecule has 0 radical (unpaired) electrons. The van der Waals surface area contributed by atoms with Gasteiger partial charge in [-0.15, -0.1) is 0 Å². The van der Waals surface area contributed by atoms with Gasteiger partial charge in [-0.1, -0.05) is 29.8 Å². The number of halogens is 1. The molecule has 0 aliphatic carbocycles. The van der Waals surface area contributed by atoms with E-state index in [0.717, 1.165) is 0 Å². The fourth-order valence-corrected chi connectivity index (χ4v) is 2.05. The van der Waals surface area contributed by atoms with E-state index in [-0.39, 0.29) is 23.5 Å². The van der Waals surface area contributed by atoms with Crippen LogP contribution < -0.4 is 16.2 Å². The van der Waals surface area contributed by atoms with E-state index in [1.54, 1.807) is 24.3 Å². The molecule has 1 heterocycles. The summed E-state index contributed by atoms with van der Waals surface area (Å²) in [6, 6.07) is 9.02. The lowest BCUT2D eigenvalue weighted by molar-refractivity contribution is -0.119. The van der Waals surface area contributed by atoms with Gasteiger partial charge >= 0.3 is 0 Å². The van der Waals surface area contributed by atoms with Crippen LogP contribution in [0.25, 0.3) is 5.69 Å². The number of anilines is 1. The number of carbonyl (C=O) groups is 1. The SMILES string of the molecule is CC(C)NC(=O)CNc1cnn(-c2ccccc2)c(=O)c1Cl. The number of carbonyl (C=O) groups excluding carboxylic acids is 1. The van der Waals surface area contributed by atoms with Gasteiger partial charge in [0.1, 0.15) is 5.02 Å². The molecule has 7 heteroatoms. The predicted octanol–water partition coefficient (Wildman–Crippen LogP) is 1.82. The van der Waals surface area contributed by atoms with Gasteiger partial charge in [0.05, 0.1) is 24.1 Å². The Bertz CT molecular complexity index is 713. The third-order valence-corrected chi connectivity index (χ3v) is 3.17. The molecule has 2 N–H and O–H groups in total. The van der Waals surface area contributed by atoms with Crippen LogP contribution in [0.1, 0.15) is 13.8 Å². The Labute approximate surface area is 133 Å². The molecule has 6 nitrogen and oxygen atoms in total. The summed E-state index contributed by atoms with van der Waals surface area (Å²) in [6.45, 7) is 3.76. The summed E-state index contributed by atoms with van der Waals surface area (Å²) in [4.78, 5) is 23.8. The molecule has 0 saturated carbocycles. The fourth-order valence-electron chi connectivity index (χ4n) is 1.86. The van der Waals surface area contributed by atoms with Crippen LogP contribution in [0.5, 0.6) is 0 Å². The number of amides is 1. The van der Waals surface area contributed by atoms with E-state index in [2.05, 4.69) is 15.7 Å². The second-order valence-corrected chi connectivity index (χ2v) is 5.38. The van der Waals surface area contributed by atoms with Crippen molar-refractivity contribution in [3.05, 3.63) is 51.9 Å². The van der Waals surface area contributed by atoms with Crippen LogP contribution in [0.2, 0.25) is 5.02 Å². The standard InChI is InChI=1S/C15H17ClN4O2/c1-10(2)19-13(21)9-17-12-8-18-20(15(22)14(12)16)11-6-4-3-5-7-11/h3-8,10,17H,9H2,1-2H3,(H,19,21). The third-order valence-electron chi connectivity index (χ3n) is 2.81. The highest BCUT2D eigenvalue weighted by Crippen LogP contribution is 2.16. The van der Waals surface area contributed by atoms with Gasteiger partial charge in [-0.3, -0.25) is 9.59 Å². The molecule has 22 heavy (non-hydrogen) atoms. The normalized spacial score (nSPS) is 10.5. The average Bonchev–Trinajstić information content (AvgIpc) is 2.49. The van der Waals surface area contributed by atoms with E-state index >= 15 is 0 Å².